The Morgan fingerprint density at radius 3 is 1.86 bits per heavy atom. The van der Waals surface area contributed by atoms with E-state index in [1.807, 2.05) is 0 Å². The van der Waals surface area contributed by atoms with Crippen LogP contribution in [-0.2, 0) is 24.7 Å². The third kappa shape index (κ3) is 1.59. The Bertz CT molecular complexity index is 793. The summed E-state index contributed by atoms with van der Waals surface area (Å²) in [5.41, 5.74) is 11.1. The molecule has 1 fully saturated rings. The van der Waals surface area contributed by atoms with E-state index in [4.69, 9.17) is 0 Å². The molecule has 2 aromatic rings. The van der Waals surface area contributed by atoms with Crippen LogP contribution >= 0.6 is 0 Å². The Morgan fingerprint density at radius 1 is 0.762 bits per heavy atom. The normalized spacial score (nSPS) is 19.4. The predicted octanol–water partition coefficient (Wildman–Crippen LogP) is 5.09. The van der Waals surface area contributed by atoms with Crippen LogP contribution in [0.1, 0.15) is 36.3 Å². The molecule has 0 spiro atoms. The van der Waals surface area contributed by atoms with Crippen molar-refractivity contribution in [2.24, 2.45) is 0 Å². The van der Waals surface area contributed by atoms with Gasteiger partial charge in [0.05, 0.1) is 0 Å². The Labute approximate surface area is 140 Å². The number of rotatable bonds is 1. The van der Waals surface area contributed by atoms with Crippen LogP contribution in [-0.4, -0.2) is 0 Å². The van der Waals surface area contributed by atoms with Crippen LogP contribution in [0, 0.1) is 0 Å². The summed E-state index contributed by atoms with van der Waals surface area (Å²) in [4.78, 5) is 0. The molecule has 0 N–H and O–H groups in total. The quantitative estimate of drug-likeness (QED) is 0.674. The first-order valence-electron chi connectivity index (χ1n) is 7.68. The van der Waals surface area contributed by atoms with Crippen LogP contribution in [0.2, 0.25) is 0 Å². The van der Waals surface area contributed by atoms with Crippen LogP contribution in [0.4, 0.5) is 0 Å². The van der Waals surface area contributed by atoms with Crippen molar-refractivity contribution in [3.8, 4) is 11.1 Å². The fourth-order valence-corrected chi connectivity index (χ4v) is 5.42. The van der Waals surface area contributed by atoms with Gasteiger partial charge in [0, 0.05) is 0 Å². The zero-order valence-electron chi connectivity index (χ0n) is 11.8. The Balaban J connectivity index is 1.75. The second-order valence-corrected chi connectivity index (χ2v) is 7.73. The summed E-state index contributed by atoms with van der Waals surface area (Å²) < 4.78 is 1.71. The van der Waals surface area contributed by atoms with Crippen LogP contribution < -0.4 is 0 Å². The molecular formula is C20H15Zr. The molecule has 0 nitrogen and oxygen atoms in total. The molecular weight excluding hydrogens is 331 g/mol. The molecule has 0 atom stereocenters. The molecule has 3 aliphatic carbocycles. The van der Waals surface area contributed by atoms with Gasteiger partial charge in [0.25, 0.3) is 0 Å². The SMILES string of the molecule is [Zr][C]1=C2CCC2=C(C2c3ccccc3-c3ccccc32)C1. The molecule has 0 radical (unpaired) electrons. The zero-order chi connectivity index (χ0) is 14.0. The second-order valence-electron chi connectivity index (χ2n) is 6.25. The van der Waals surface area contributed by atoms with E-state index in [2.05, 4.69) is 48.5 Å². The van der Waals surface area contributed by atoms with E-state index in [-0.39, 0.29) is 0 Å². The van der Waals surface area contributed by atoms with Gasteiger partial charge < -0.3 is 0 Å². The van der Waals surface area contributed by atoms with E-state index in [0.717, 1.165) is 0 Å². The van der Waals surface area contributed by atoms with Gasteiger partial charge in [-0.15, -0.1) is 0 Å². The van der Waals surface area contributed by atoms with Gasteiger partial charge in [0.2, 0.25) is 0 Å². The first kappa shape index (κ1) is 12.4. The molecule has 99 valence electrons. The summed E-state index contributed by atoms with van der Waals surface area (Å²) in [6.45, 7) is 0. The van der Waals surface area contributed by atoms with E-state index in [0.29, 0.717) is 5.92 Å². The van der Waals surface area contributed by atoms with E-state index in [1.165, 1.54) is 41.5 Å². The molecule has 0 unspecified atom stereocenters. The van der Waals surface area contributed by atoms with Gasteiger partial charge in [-0.25, -0.2) is 0 Å². The van der Waals surface area contributed by atoms with E-state index in [1.54, 1.807) is 44.7 Å². The van der Waals surface area contributed by atoms with E-state index >= 15 is 0 Å². The molecule has 2 aromatic carbocycles. The van der Waals surface area contributed by atoms with Gasteiger partial charge in [-0.1, -0.05) is 0 Å². The molecule has 0 amide bonds. The minimum atomic E-state index is 0.515. The summed E-state index contributed by atoms with van der Waals surface area (Å²) >= 11 is 1.62. The Kier molecular flexibility index (Phi) is 2.59. The van der Waals surface area contributed by atoms with Gasteiger partial charge in [-0.2, -0.15) is 0 Å². The summed E-state index contributed by atoms with van der Waals surface area (Å²) in [6, 6.07) is 18.0. The van der Waals surface area contributed by atoms with Crippen LogP contribution in [0.5, 0.6) is 0 Å². The van der Waals surface area contributed by atoms with Gasteiger partial charge >= 0.3 is 141 Å². The fraction of sp³-hybridized carbons (Fsp3) is 0.200. The number of hydrogen-bond acceptors (Lipinski definition) is 0. The molecule has 3 aliphatic rings. The molecule has 0 saturated heterocycles. The van der Waals surface area contributed by atoms with Crippen LogP contribution in [0.25, 0.3) is 11.1 Å². The summed E-state index contributed by atoms with van der Waals surface area (Å²) in [6.07, 6.45) is 3.87. The summed E-state index contributed by atoms with van der Waals surface area (Å²) in [7, 11) is 0. The second kappa shape index (κ2) is 4.40. The first-order valence-corrected chi connectivity index (χ1v) is 8.91. The summed E-state index contributed by atoms with van der Waals surface area (Å²) in [5, 5.41) is 0. The maximum atomic E-state index is 2.34. The van der Waals surface area contributed by atoms with Crippen molar-refractivity contribution in [2.45, 2.75) is 25.2 Å². The van der Waals surface area contributed by atoms with Crippen molar-refractivity contribution < 1.29 is 24.7 Å². The van der Waals surface area contributed by atoms with Gasteiger partial charge in [0.1, 0.15) is 0 Å². The van der Waals surface area contributed by atoms with Crippen LogP contribution in [0.15, 0.2) is 68.5 Å². The van der Waals surface area contributed by atoms with Crippen molar-refractivity contribution in [2.75, 3.05) is 0 Å². The van der Waals surface area contributed by atoms with Crippen molar-refractivity contribution in [3.05, 3.63) is 79.7 Å². The van der Waals surface area contributed by atoms with Crippen molar-refractivity contribution in [3.63, 3.8) is 0 Å². The average Bonchev–Trinajstić information content (AvgIpc) is 2.90. The molecule has 1 heteroatoms. The standard InChI is InChI=1S/C20H15.Zr/c1-3-7-17-15(5-1)16-6-2-4-8-18(16)20(17)19-12-10-13-9-11-14(13)19;/h1-8,20H,9,11-12H2;. The third-order valence-electron chi connectivity index (χ3n) is 5.29. The summed E-state index contributed by atoms with van der Waals surface area (Å²) in [5.74, 6) is 0.515. The van der Waals surface area contributed by atoms with Crippen molar-refractivity contribution in [1.82, 2.24) is 0 Å². The average molecular weight is 347 g/mol. The zero-order valence-corrected chi connectivity index (χ0v) is 14.3. The van der Waals surface area contributed by atoms with Crippen LogP contribution in [0.3, 0.4) is 0 Å². The van der Waals surface area contributed by atoms with Gasteiger partial charge in [0.15, 0.2) is 0 Å². The molecule has 0 aliphatic heterocycles. The van der Waals surface area contributed by atoms with Gasteiger partial charge in [-0.3, -0.25) is 0 Å². The van der Waals surface area contributed by atoms with Crippen molar-refractivity contribution >= 4 is 0 Å². The Morgan fingerprint density at radius 2 is 1.33 bits per heavy atom. The molecule has 21 heavy (non-hydrogen) atoms. The topological polar surface area (TPSA) is 0 Å². The first-order chi connectivity index (χ1) is 10.3. The number of hydrogen-bond donors (Lipinski definition) is 0. The third-order valence-corrected chi connectivity index (χ3v) is 6.47. The molecule has 1 saturated carbocycles. The maximum absolute atomic E-state index is 2.34. The van der Waals surface area contributed by atoms with Gasteiger partial charge in [-0.05, 0) is 0 Å². The van der Waals surface area contributed by atoms with Crippen molar-refractivity contribution in [1.29, 1.82) is 0 Å². The van der Waals surface area contributed by atoms with E-state index in [9.17, 15) is 0 Å². The minimum absolute atomic E-state index is 0.515. The molecule has 0 aromatic heterocycles. The van der Waals surface area contributed by atoms with E-state index < -0.39 is 0 Å². The molecule has 0 bridgehead atoms. The predicted molar refractivity (Wildman–Crippen MR) is 81.6 cm³/mol. The number of fused-ring (bicyclic) bond motifs is 4. The molecule has 5 rings (SSSR count). The number of benzene rings is 2. The molecule has 0 heterocycles. The number of allylic oxidation sites excluding steroid dienone is 4. The Hall–Kier alpha value is -1.20. The fourth-order valence-electron chi connectivity index (χ4n) is 4.27. The monoisotopic (exact) mass is 345 g/mol.